The predicted octanol–water partition coefficient (Wildman–Crippen LogP) is 3.95. The number of aromatic nitrogens is 1. The number of carbonyl (C=O) groups excluding carboxylic acids is 1. The lowest BCUT2D eigenvalue weighted by molar-refractivity contribution is 0.102. The molecule has 2 rings (SSSR count). The first-order chi connectivity index (χ1) is 8.56. The Morgan fingerprint density at radius 2 is 1.94 bits per heavy atom. The van der Waals surface area contributed by atoms with Gasteiger partial charge < -0.3 is 5.32 Å². The Kier molecular flexibility index (Phi) is 3.84. The molecular formula is C13H10Cl2N2O. The largest absolute Gasteiger partial charge is 0.322 e. The van der Waals surface area contributed by atoms with E-state index in [1.165, 1.54) is 6.20 Å². The minimum Gasteiger partial charge on any atom is -0.322 e. The molecule has 0 fully saturated rings. The molecule has 1 N–H and O–H groups in total. The first-order valence-electron chi connectivity index (χ1n) is 5.25. The van der Waals surface area contributed by atoms with Gasteiger partial charge in [0.15, 0.2) is 0 Å². The van der Waals surface area contributed by atoms with Crippen LogP contribution in [-0.4, -0.2) is 10.9 Å². The van der Waals surface area contributed by atoms with Crippen LogP contribution in [0.1, 0.15) is 16.1 Å². The second kappa shape index (κ2) is 5.38. The van der Waals surface area contributed by atoms with Gasteiger partial charge in [-0.3, -0.25) is 9.78 Å². The lowest BCUT2D eigenvalue weighted by atomic mass is 10.2. The molecule has 18 heavy (non-hydrogen) atoms. The molecule has 0 radical (unpaired) electrons. The van der Waals surface area contributed by atoms with Crippen LogP contribution in [0.15, 0.2) is 36.5 Å². The van der Waals surface area contributed by atoms with Gasteiger partial charge in [0.25, 0.3) is 5.91 Å². The van der Waals surface area contributed by atoms with Gasteiger partial charge in [0.1, 0.15) is 0 Å². The lowest BCUT2D eigenvalue weighted by Gasteiger charge is -2.06. The fourth-order valence-electron chi connectivity index (χ4n) is 1.38. The zero-order valence-electron chi connectivity index (χ0n) is 9.58. The Bertz CT molecular complexity index is 582. The summed E-state index contributed by atoms with van der Waals surface area (Å²) in [4.78, 5) is 16.0. The molecule has 1 amide bonds. The Balaban J connectivity index is 2.16. The molecule has 0 aliphatic rings. The van der Waals surface area contributed by atoms with Crippen molar-refractivity contribution in [2.24, 2.45) is 0 Å². The first-order valence-corrected chi connectivity index (χ1v) is 6.01. The summed E-state index contributed by atoms with van der Waals surface area (Å²) in [5.41, 5.74) is 1.95. The average molecular weight is 281 g/mol. The molecular weight excluding hydrogens is 271 g/mol. The van der Waals surface area contributed by atoms with E-state index in [0.29, 0.717) is 21.3 Å². The first kappa shape index (κ1) is 12.9. The van der Waals surface area contributed by atoms with E-state index in [2.05, 4.69) is 10.3 Å². The number of anilines is 1. The maximum atomic E-state index is 11.9. The maximum Gasteiger partial charge on any atom is 0.257 e. The average Bonchev–Trinajstić information content (AvgIpc) is 2.34. The van der Waals surface area contributed by atoms with E-state index in [-0.39, 0.29) is 5.91 Å². The van der Waals surface area contributed by atoms with Crippen LogP contribution in [0, 0.1) is 6.92 Å². The van der Waals surface area contributed by atoms with E-state index in [4.69, 9.17) is 23.2 Å². The fraction of sp³-hybridized carbons (Fsp3) is 0.0769. The molecule has 0 atom stereocenters. The van der Waals surface area contributed by atoms with Crippen LogP contribution >= 0.6 is 23.2 Å². The molecule has 5 heteroatoms. The monoisotopic (exact) mass is 280 g/mol. The standard InChI is InChI=1S/C13H10Cl2N2O/c1-8-2-3-9(7-16-8)13(18)17-10-4-5-11(14)12(15)6-10/h2-7H,1H3,(H,17,18). The number of aryl methyl sites for hydroxylation is 1. The minimum absolute atomic E-state index is 0.235. The minimum atomic E-state index is -0.235. The van der Waals surface area contributed by atoms with Crippen molar-refractivity contribution in [2.45, 2.75) is 6.92 Å². The van der Waals surface area contributed by atoms with Crippen LogP contribution in [0.5, 0.6) is 0 Å². The third-order valence-electron chi connectivity index (χ3n) is 2.35. The van der Waals surface area contributed by atoms with Gasteiger partial charge in [0.2, 0.25) is 0 Å². The molecule has 0 unspecified atom stereocenters. The molecule has 0 saturated heterocycles. The number of hydrogen-bond acceptors (Lipinski definition) is 2. The number of amides is 1. The Morgan fingerprint density at radius 3 is 2.56 bits per heavy atom. The summed E-state index contributed by atoms with van der Waals surface area (Å²) in [6.07, 6.45) is 1.53. The number of hydrogen-bond donors (Lipinski definition) is 1. The number of carbonyl (C=O) groups is 1. The molecule has 0 spiro atoms. The van der Waals surface area contributed by atoms with Gasteiger partial charge in [0.05, 0.1) is 15.6 Å². The number of nitrogens with zero attached hydrogens (tertiary/aromatic N) is 1. The Morgan fingerprint density at radius 1 is 1.17 bits per heavy atom. The zero-order chi connectivity index (χ0) is 13.1. The van der Waals surface area contributed by atoms with Crippen LogP contribution in [0.25, 0.3) is 0 Å². The molecule has 1 heterocycles. The van der Waals surface area contributed by atoms with Crippen molar-refractivity contribution in [3.8, 4) is 0 Å². The van der Waals surface area contributed by atoms with Crippen molar-refractivity contribution >= 4 is 34.8 Å². The Hall–Kier alpha value is -1.58. The molecule has 92 valence electrons. The van der Waals surface area contributed by atoms with E-state index in [1.807, 2.05) is 6.92 Å². The smallest absolute Gasteiger partial charge is 0.257 e. The van der Waals surface area contributed by atoms with Crippen molar-refractivity contribution in [1.29, 1.82) is 0 Å². The van der Waals surface area contributed by atoms with Crippen molar-refractivity contribution in [3.05, 3.63) is 57.8 Å². The highest BCUT2D eigenvalue weighted by Crippen LogP contribution is 2.25. The highest BCUT2D eigenvalue weighted by atomic mass is 35.5. The molecule has 1 aromatic carbocycles. The molecule has 0 saturated carbocycles. The van der Waals surface area contributed by atoms with Gasteiger partial charge in [-0.2, -0.15) is 0 Å². The van der Waals surface area contributed by atoms with Crippen molar-refractivity contribution in [3.63, 3.8) is 0 Å². The summed E-state index contributed by atoms with van der Waals surface area (Å²) in [6.45, 7) is 1.86. The number of nitrogens with one attached hydrogen (secondary N) is 1. The summed E-state index contributed by atoms with van der Waals surface area (Å²) in [6, 6.07) is 8.42. The van der Waals surface area contributed by atoms with E-state index in [9.17, 15) is 4.79 Å². The quantitative estimate of drug-likeness (QED) is 0.905. The molecule has 0 bridgehead atoms. The summed E-state index contributed by atoms with van der Waals surface area (Å²) < 4.78 is 0. The number of benzene rings is 1. The van der Waals surface area contributed by atoms with Crippen LogP contribution < -0.4 is 5.32 Å². The van der Waals surface area contributed by atoms with Gasteiger partial charge in [-0.15, -0.1) is 0 Å². The summed E-state index contributed by atoms with van der Waals surface area (Å²) in [5, 5.41) is 3.57. The zero-order valence-corrected chi connectivity index (χ0v) is 11.1. The lowest BCUT2D eigenvalue weighted by Crippen LogP contribution is -2.12. The number of halogens is 2. The van der Waals surface area contributed by atoms with Gasteiger partial charge in [-0.05, 0) is 37.3 Å². The topological polar surface area (TPSA) is 42.0 Å². The predicted molar refractivity (Wildman–Crippen MR) is 73.4 cm³/mol. The summed E-state index contributed by atoms with van der Waals surface area (Å²) in [5.74, 6) is -0.235. The van der Waals surface area contributed by atoms with Crippen LogP contribution in [0.4, 0.5) is 5.69 Å². The Labute approximate surface area is 115 Å². The molecule has 0 aliphatic heterocycles. The highest BCUT2D eigenvalue weighted by molar-refractivity contribution is 6.42. The van der Waals surface area contributed by atoms with Gasteiger partial charge >= 0.3 is 0 Å². The van der Waals surface area contributed by atoms with Crippen LogP contribution in [0.3, 0.4) is 0 Å². The van der Waals surface area contributed by atoms with Crippen LogP contribution in [0.2, 0.25) is 10.0 Å². The fourth-order valence-corrected chi connectivity index (χ4v) is 1.68. The highest BCUT2D eigenvalue weighted by Gasteiger charge is 2.07. The molecule has 0 aliphatic carbocycles. The number of rotatable bonds is 2. The maximum absolute atomic E-state index is 11.9. The van der Waals surface area contributed by atoms with E-state index in [1.54, 1.807) is 30.3 Å². The van der Waals surface area contributed by atoms with Crippen molar-refractivity contribution in [1.82, 2.24) is 4.98 Å². The molecule has 3 nitrogen and oxygen atoms in total. The van der Waals surface area contributed by atoms with Gasteiger partial charge in [-0.25, -0.2) is 0 Å². The van der Waals surface area contributed by atoms with Gasteiger partial charge in [0, 0.05) is 17.6 Å². The molecule has 1 aromatic heterocycles. The molecule has 2 aromatic rings. The van der Waals surface area contributed by atoms with E-state index < -0.39 is 0 Å². The SMILES string of the molecule is Cc1ccc(C(=O)Nc2ccc(Cl)c(Cl)c2)cn1. The van der Waals surface area contributed by atoms with E-state index >= 15 is 0 Å². The van der Waals surface area contributed by atoms with E-state index in [0.717, 1.165) is 5.69 Å². The summed E-state index contributed by atoms with van der Waals surface area (Å²) in [7, 11) is 0. The summed E-state index contributed by atoms with van der Waals surface area (Å²) >= 11 is 11.7. The third-order valence-corrected chi connectivity index (χ3v) is 3.09. The second-order valence-corrected chi connectivity index (χ2v) is 4.59. The normalized spacial score (nSPS) is 10.2. The second-order valence-electron chi connectivity index (χ2n) is 3.77. The van der Waals surface area contributed by atoms with Crippen molar-refractivity contribution < 1.29 is 4.79 Å². The van der Waals surface area contributed by atoms with Crippen molar-refractivity contribution in [2.75, 3.05) is 5.32 Å². The number of pyridine rings is 1. The van der Waals surface area contributed by atoms with Crippen LogP contribution in [-0.2, 0) is 0 Å². The third kappa shape index (κ3) is 3.00. The van der Waals surface area contributed by atoms with Gasteiger partial charge in [-0.1, -0.05) is 23.2 Å².